The molecule has 124 valence electrons. The molecule has 4 heteroatoms. The van der Waals surface area contributed by atoms with E-state index in [-0.39, 0.29) is 5.56 Å². The molecule has 0 N–H and O–H groups in total. The van der Waals surface area contributed by atoms with Gasteiger partial charge < -0.3 is 4.90 Å². The standard InChI is InChI=1S/C20H23N3O/c1-14(2)23(18-10-6-5-8-15(18)3)13-17-12-19(24)22-11-7-9-16(4)20(22)21-17/h5-12,14H,13H2,1-4H3. The van der Waals surface area contributed by atoms with Gasteiger partial charge in [0.1, 0.15) is 5.65 Å². The Bertz CT molecular complexity index is 928. The molecule has 24 heavy (non-hydrogen) atoms. The largest absolute Gasteiger partial charge is 0.363 e. The zero-order chi connectivity index (χ0) is 17.3. The van der Waals surface area contributed by atoms with Gasteiger partial charge in [-0.05, 0) is 51.0 Å². The van der Waals surface area contributed by atoms with Gasteiger partial charge in [-0.25, -0.2) is 4.98 Å². The van der Waals surface area contributed by atoms with Gasteiger partial charge in [-0.1, -0.05) is 24.3 Å². The number of hydrogen-bond acceptors (Lipinski definition) is 3. The summed E-state index contributed by atoms with van der Waals surface area (Å²) in [6, 6.07) is 14.1. The Balaban J connectivity index is 2.05. The summed E-state index contributed by atoms with van der Waals surface area (Å²) >= 11 is 0. The Labute approximate surface area is 142 Å². The first-order valence-corrected chi connectivity index (χ1v) is 8.27. The smallest absolute Gasteiger partial charge is 0.258 e. The number of nitrogens with zero attached hydrogens (tertiary/aromatic N) is 3. The maximum absolute atomic E-state index is 12.4. The van der Waals surface area contributed by atoms with Gasteiger partial charge in [0.05, 0.1) is 12.2 Å². The monoisotopic (exact) mass is 321 g/mol. The number of hydrogen-bond donors (Lipinski definition) is 0. The first kappa shape index (κ1) is 16.2. The van der Waals surface area contributed by atoms with Crippen molar-refractivity contribution in [1.82, 2.24) is 9.38 Å². The molecule has 3 aromatic rings. The van der Waals surface area contributed by atoms with Gasteiger partial charge in [0, 0.05) is 24.0 Å². The van der Waals surface area contributed by atoms with Crippen LogP contribution >= 0.6 is 0 Å². The summed E-state index contributed by atoms with van der Waals surface area (Å²) in [6.45, 7) is 9.02. The fourth-order valence-electron chi connectivity index (χ4n) is 3.00. The number of aryl methyl sites for hydroxylation is 2. The molecule has 0 amide bonds. The third kappa shape index (κ3) is 3.04. The van der Waals surface area contributed by atoms with Crippen molar-refractivity contribution in [3.8, 4) is 0 Å². The summed E-state index contributed by atoms with van der Waals surface area (Å²) in [5.74, 6) is 0. The molecule has 1 aromatic carbocycles. The summed E-state index contributed by atoms with van der Waals surface area (Å²) in [6.07, 6.45) is 1.77. The van der Waals surface area contributed by atoms with Gasteiger partial charge in [0.25, 0.3) is 5.56 Å². The maximum atomic E-state index is 12.4. The zero-order valence-electron chi connectivity index (χ0n) is 14.7. The minimum absolute atomic E-state index is 0.0350. The van der Waals surface area contributed by atoms with Crippen LogP contribution in [-0.2, 0) is 6.54 Å². The van der Waals surface area contributed by atoms with Crippen LogP contribution in [0.1, 0.15) is 30.7 Å². The van der Waals surface area contributed by atoms with Gasteiger partial charge in [-0.3, -0.25) is 9.20 Å². The van der Waals surface area contributed by atoms with Crippen molar-refractivity contribution >= 4 is 11.3 Å². The molecule has 2 aromatic heterocycles. The van der Waals surface area contributed by atoms with Gasteiger partial charge >= 0.3 is 0 Å². The average Bonchev–Trinajstić information content (AvgIpc) is 2.54. The van der Waals surface area contributed by atoms with Gasteiger partial charge in [0.2, 0.25) is 0 Å². The van der Waals surface area contributed by atoms with Crippen molar-refractivity contribution in [3.63, 3.8) is 0 Å². The third-order valence-corrected chi connectivity index (χ3v) is 4.32. The lowest BCUT2D eigenvalue weighted by atomic mass is 10.1. The number of anilines is 1. The number of aromatic nitrogens is 2. The van der Waals surface area contributed by atoms with E-state index in [9.17, 15) is 4.79 Å². The molecule has 0 saturated carbocycles. The molecule has 0 spiro atoms. The van der Waals surface area contributed by atoms with Crippen LogP contribution in [0.25, 0.3) is 5.65 Å². The van der Waals surface area contributed by atoms with E-state index in [1.54, 1.807) is 16.7 Å². The Morgan fingerprint density at radius 3 is 2.50 bits per heavy atom. The molecule has 0 aliphatic carbocycles. The van der Waals surface area contributed by atoms with E-state index in [0.717, 1.165) is 16.9 Å². The lowest BCUT2D eigenvalue weighted by Gasteiger charge is -2.30. The van der Waals surface area contributed by atoms with Crippen molar-refractivity contribution in [2.24, 2.45) is 0 Å². The molecule has 0 aliphatic rings. The topological polar surface area (TPSA) is 37.6 Å². The summed E-state index contributed by atoms with van der Waals surface area (Å²) < 4.78 is 1.60. The minimum Gasteiger partial charge on any atom is -0.363 e. The maximum Gasteiger partial charge on any atom is 0.258 e. The van der Waals surface area contributed by atoms with E-state index >= 15 is 0 Å². The highest BCUT2D eigenvalue weighted by molar-refractivity contribution is 5.54. The summed E-state index contributed by atoms with van der Waals surface area (Å²) in [7, 11) is 0. The molecule has 3 rings (SSSR count). The van der Waals surface area contributed by atoms with E-state index in [1.807, 2.05) is 31.2 Å². The van der Waals surface area contributed by atoms with Crippen LogP contribution < -0.4 is 10.5 Å². The molecule has 0 bridgehead atoms. The second kappa shape index (κ2) is 6.48. The van der Waals surface area contributed by atoms with E-state index in [4.69, 9.17) is 4.98 Å². The first-order valence-electron chi connectivity index (χ1n) is 8.27. The molecule has 0 saturated heterocycles. The summed E-state index contributed by atoms with van der Waals surface area (Å²) in [5, 5.41) is 0. The van der Waals surface area contributed by atoms with Crippen LogP contribution in [0.4, 0.5) is 5.69 Å². The first-order chi connectivity index (χ1) is 11.5. The fourth-order valence-corrected chi connectivity index (χ4v) is 3.00. The summed E-state index contributed by atoms with van der Waals surface area (Å²) in [4.78, 5) is 19.4. The third-order valence-electron chi connectivity index (χ3n) is 4.32. The van der Waals surface area contributed by atoms with Crippen LogP contribution in [0, 0.1) is 13.8 Å². The number of benzene rings is 1. The van der Waals surface area contributed by atoms with Crippen molar-refractivity contribution < 1.29 is 0 Å². The SMILES string of the molecule is Cc1ccccc1N(Cc1cc(=O)n2cccc(C)c2n1)C(C)C. The normalized spacial score (nSPS) is 11.2. The lowest BCUT2D eigenvalue weighted by Crippen LogP contribution is -2.32. The molecular weight excluding hydrogens is 298 g/mol. The van der Waals surface area contributed by atoms with Crippen molar-refractivity contribution in [2.45, 2.75) is 40.3 Å². The molecule has 0 unspecified atom stereocenters. The lowest BCUT2D eigenvalue weighted by molar-refractivity contribution is 0.670. The highest BCUT2D eigenvalue weighted by Gasteiger charge is 2.15. The summed E-state index contributed by atoms with van der Waals surface area (Å²) in [5.41, 5.74) is 4.90. The Hall–Kier alpha value is -2.62. The van der Waals surface area contributed by atoms with Crippen LogP contribution in [-0.4, -0.2) is 15.4 Å². The molecule has 0 atom stereocenters. The van der Waals surface area contributed by atoms with Crippen LogP contribution in [0.5, 0.6) is 0 Å². The number of fused-ring (bicyclic) bond motifs is 1. The fraction of sp³-hybridized carbons (Fsp3) is 0.300. The highest BCUT2D eigenvalue weighted by Crippen LogP contribution is 2.23. The highest BCUT2D eigenvalue weighted by atomic mass is 16.1. The predicted molar refractivity (Wildman–Crippen MR) is 98.7 cm³/mol. The van der Waals surface area contributed by atoms with E-state index in [0.29, 0.717) is 12.6 Å². The molecular formula is C20H23N3O. The van der Waals surface area contributed by atoms with Crippen LogP contribution in [0.2, 0.25) is 0 Å². The Morgan fingerprint density at radius 2 is 1.79 bits per heavy atom. The Kier molecular flexibility index (Phi) is 4.38. The Morgan fingerprint density at radius 1 is 1.08 bits per heavy atom. The zero-order valence-corrected chi connectivity index (χ0v) is 14.7. The van der Waals surface area contributed by atoms with E-state index in [1.165, 1.54) is 11.3 Å². The van der Waals surface area contributed by atoms with Gasteiger partial charge in [0.15, 0.2) is 0 Å². The molecule has 0 aliphatic heterocycles. The molecule has 4 nitrogen and oxygen atoms in total. The second-order valence-corrected chi connectivity index (χ2v) is 6.48. The molecule has 0 radical (unpaired) electrons. The predicted octanol–water partition coefficient (Wildman–Crippen LogP) is 3.73. The van der Waals surface area contributed by atoms with E-state index < -0.39 is 0 Å². The van der Waals surface area contributed by atoms with Crippen molar-refractivity contribution in [3.05, 3.63) is 75.8 Å². The van der Waals surface area contributed by atoms with Gasteiger partial charge in [-0.2, -0.15) is 0 Å². The number of para-hydroxylation sites is 1. The van der Waals surface area contributed by atoms with Crippen LogP contribution in [0.3, 0.4) is 0 Å². The molecule has 2 heterocycles. The second-order valence-electron chi connectivity index (χ2n) is 6.48. The van der Waals surface area contributed by atoms with E-state index in [2.05, 4.69) is 37.8 Å². The van der Waals surface area contributed by atoms with Gasteiger partial charge in [-0.15, -0.1) is 0 Å². The number of pyridine rings is 1. The van der Waals surface area contributed by atoms with Crippen molar-refractivity contribution in [1.29, 1.82) is 0 Å². The number of rotatable bonds is 4. The quantitative estimate of drug-likeness (QED) is 0.735. The molecule has 0 fully saturated rings. The minimum atomic E-state index is -0.0350. The average molecular weight is 321 g/mol. The van der Waals surface area contributed by atoms with Crippen LogP contribution in [0.15, 0.2) is 53.5 Å². The van der Waals surface area contributed by atoms with Crippen molar-refractivity contribution in [2.75, 3.05) is 4.90 Å².